The van der Waals surface area contributed by atoms with Gasteiger partial charge in [0.2, 0.25) is 0 Å². The Morgan fingerprint density at radius 2 is 0.833 bits per heavy atom. The van der Waals surface area contributed by atoms with Crippen molar-refractivity contribution in [3.05, 3.63) is 97.3 Å². The standard InChI is InChI=1S/C26H16N4/c1-3-9-17(10-4-1)21-22(18-11-5-2-6-12-18)30-26-24-20(14-8-16-28-24)19-13-7-15-27-23(19)25(26)29-21/h1-16H. The summed E-state index contributed by atoms with van der Waals surface area (Å²) < 4.78 is 0. The first-order valence-electron chi connectivity index (χ1n) is 9.84. The van der Waals surface area contributed by atoms with Crippen molar-refractivity contribution in [1.29, 1.82) is 0 Å². The molecule has 4 nitrogen and oxygen atoms in total. The van der Waals surface area contributed by atoms with Gasteiger partial charge in [-0.3, -0.25) is 9.97 Å². The Morgan fingerprint density at radius 3 is 1.27 bits per heavy atom. The fraction of sp³-hybridized carbons (Fsp3) is 0. The van der Waals surface area contributed by atoms with Crippen LogP contribution in [0.5, 0.6) is 0 Å². The molecule has 6 aromatic rings. The molecule has 0 spiro atoms. The number of nitrogens with zero attached hydrogens (tertiary/aromatic N) is 4. The number of fused-ring (bicyclic) bond motifs is 6. The van der Waals surface area contributed by atoms with Crippen molar-refractivity contribution in [2.45, 2.75) is 0 Å². The van der Waals surface area contributed by atoms with Crippen molar-refractivity contribution in [3.8, 4) is 22.5 Å². The molecule has 0 saturated carbocycles. The van der Waals surface area contributed by atoms with Crippen molar-refractivity contribution in [1.82, 2.24) is 19.9 Å². The van der Waals surface area contributed by atoms with Gasteiger partial charge in [0.25, 0.3) is 0 Å². The molecular formula is C26H16N4. The summed E-state index contributed by atoms with van der Waals surface area (Å²) in [6, 6.07) is 28.4. The third kappa shape index (κ3) is 2.54. The van der Waals surface area contributed by atoms with Crippen LogP contribution in [-0.2, 0) is 0 Å². The van der Waals surface area contributed by atoms with E-state index in [1.165, 1.54) is 0 Å². The summed E-state index contributed by atoms with van der Waals surface area (Å²) in [6.07, 6.45) is 3.61. The van der Waals surface area contributed by atoms with Gasteiger partial charge in [-0.05, 0) is 12.1 Å². The molecule has 0 unspecified atom stereocenters. The highest BCUT2D eigenvalue weighted by Gasteiger charge is 2.18. The van der Waals surface area contributed by atoms with Gasteiger partial charge < -0.3 is 0 Å². The van der Waals surface area contributed by atoms with Crippen LogP contribution in [0.3, 0.4) is 0 Å². The van der Waals surface area contributed by atoms with E-state index in [9.17, 15) is 0 Å². The van der Waals surface area contributed by atoms with Gasteiger partial charge in [0.05, 0.1) is 22.4 Å². The monoisotopic (exact) mass is 384 g/mol. The van der Waals surface area contributed by atoms with Crippen LogP contribution >= 0.6 is 0 Å². The first-order chi connectivity index (χ1) is 14.9. The second-order valence-corrected chi connectivity index (χ2v) is 7.15. The largest absolute Gasteiger partial charge is 0.254 e. The van der Waals surface area contributed by atoms with Gasteiger partial charge in [0, 0.05) is 34.3 Å². The van der Waals surface area contributed by atoms with Gasteiger partial charge in [0.15, 0.2) is 0 Å². The Kier molecular flexibility index (Phi) is 3.74. The molecule has 0 aliphatic carbocycles. The van der Waals surface area contributed by atoms with E-state index in [1.54, 1.807) is 12.4 Å². The van der Waals surface area contributed by atoms with E-state index in [2.05, 4.69) is 46.4 Å². The molecule has 0 amide bonds. The first-order valence-corrected chi connectivity index (χ1v) is 9.84. The average Bonchev–Trinajstić information content (AvgIpc) is 2.84. The molecule has 140 valence electrons. The normalized spacial score (nSPS) is 11.3. The van der Waals surface area contributed by atoms with Crippen molar-refractivity contribution in [2.75, 3.05) is 0 Å². The van der Waals surface area contributed by atoms with Crippen LogP contribution in [0.2, 0.25) is 0 Å². The van der Waals surface area contributed by atoms with E-state index in [-0.39, 0.29) is 0 Å². The molecule has 30 heavy (non-hydrogen) atoms. The zero-order valence-corrected chi connectivity index (χ0v) is 16.0. The Morgan fingerprint density at radius 1 is 0.400 bits per heavy atom. The zero-order chi connectivity index (χ0) is 19.9. The summed E-state index contributed by atoms with van der Waals surface area (Å²) in [4.78, 5) is 19.6. The summed E-state index contributed by atoms with van der Waals surface area (Å²) >= 11 is 0. The van der Waals surface area contributed by atoms with Gasteiger partial charge in [-0.2, -0.15) is 0 Å². The maximum atomic E-state index is 5.14. The number of hydrogen-bond donors (Lipinski definition) is 0. The summed E-state index contributed by atoms with van der Waals surface area (Å²) in [5.41, 5.74) is 6.97. The fourth-order valence-corrected chi connectivity index (χ4v) is 3.98. The molecule has 3 aromatic heterocycles. The third-order valence-corrected chi connectivity index (χ3v) is 5.34. The molecule has 6 rings (SSSR count). The lowest BCUT2D eigenvalue weighted by Gasteiger charge is -2.13. The van der Waals surface area contributed by atoms with Crippen LogP contribution < -0.4 is 0 Å². The van der Waals surface area contributed by atoms with E-state index in [1.807, 2.05) is 48.5 Å². The number of pyridine rings is 2. The average molecular weight is 384 g/mol. The van der Waals surface area contributed by atoms with Crippen LogP contribution in [0, 0.1) is 0 Å². The molecule has 0 saturated heterocycles. The van der Waals surface area contributed by atoms with Crippen LogP contribution in [-0.4, -0.2) is 19.9 Å². The molecule has 0 radical (unpaired) electrons. The second-order valence-electron chi connectivity index (χ2n) is 7.15. The highest BCUT2D eigenvalue weighted by molar-refractivity contribution is 6.21. The molecule has 0 aliphatic rings. The van der Waals surface area contributed by atoms with Crippen LogP contribution in [0.1, 0.15) is 0 Å². The minimum absolute atomic E-state index is 0.773. The lowest BCUT2D eigenvalue weighted by atomic mass is 10.0. The number of aromatic nitrogens is 4. The molecule has 3 aromatic carbocycles. The van der Waals surface area contributed by atoms with E-state index >= 15 is 0 Å². The molecular weight excluding hydrogens is 368 g/mol. The van der Waals surface area contributed by atoms with Crippen LogP contribution in [0.25, 0.3) is 55.4 Å². The van der Waals surface area contributed by atoms with Crippen molar-refractivity contribution in [3.63, 3.8) is 0 Å². The predicted octanol–water partition coefficient (Wildman–Crippen LogP) is 6.06. The fourth-order valence-electron chi connectivity index (χ4n) is 3.98. The molecule has 0 atom stereocenters. The molecule has 0 aliphatic heterocycles. The minimum atomic E-state index is 0.773. The maximum Gasteiger partial charge on any atom is 0.118 e. The van der Waals surface area contributed by atoms with Gasteiger partial charge in [-0.1, -0.05) is 72.8 Å². The number of benzene rings is 3. The van der Waals surface area contributed by atoms with Gasteiger partial charge >= 0.3 is 0 Å². The smallest absolute Gasteiger partial charge is 0.118 e. The van der Waals surface area contributed by atoms with Crippen molar-refractivity contribution < 1.29 is 0 Å². The molecule has 3 heterocycles. The molecule has 0 bridgehead atoms. The summed E-state index contributed by atoms with van der Waals surface area (Å²) in [5.74, 6) is 0. The third-order valence-electron chi connectivity index (χ3n) is 5.34. The number of rotatable bonds is 2. The van der Waals surface area contributed by atoms with Crippen LogP contribution in [0.15, 0.2) is 97.3 Å². The van der Waals surface area contributed by atoms with Gasteiger partial charge in [-0.25, -0.2) is 9.97 Å². The minimum Gasteiger partial charge on any atom is -0.254 e. The zero-order valence-electron chi connectivity index (χ0n) is 16.0. The van der Waals surface area contributed by atoms with Crippen molar-refractivity contribution in [2.24, 2.45) is 0 Å². The summed E-state index contributed by atoms with van der Waals surface area (Å²) in [6.45, 7) is 0. The topological polar surface area (TPSA) is 51.6 Å². The lowest BCUT2D eigenvalue weighted by Crippen LogP contribution is -1.98. The summed E-state index contributed by atoms with van der Waals surface area (Å²) in [7, 11) is 0. The van der Waals surface area contributed by atoms with E-state index in [0.717, 1.165) is 55.4 Å². The Bertz CT molecular complexity index is 1410. The molecule has 0 fully saturated rings. The van der Waals surface area contributed by atoms with E-state index < -0.39 is 0 Å². The highest BCUT2D eigenvalue weighted by Crippen LogP contribution is 2.36. The molecule has 4 heteroatoms. The Balaban J connectivity index is 1.83. The number of hydrogen-bond acceptors (Lipinski definition) is 4. The SMILES string of the molecule is c1ccc(-c2nc3c4ncccc4c4cccnc4c3nc2-c2ccccc2)cc1. The van der Waals surface area contributed by atoms with Crippen molar-refractivity contribution >= 4 is 32.8 Å². The van der Waals surface area contributed by atoms with E-state index in [4.69, 9.17) is 9.97 Å². The van der Waals surface area contributed by atoms with Crippen LogP contribution in [0.4, 0.5) is 0 Å². The lowest BCUT2D eigenvalue weighted by molar-refractivity contribution is 1.28. The Labute approximate surface area is 172 Å². The second kappa shape index (κ2) is 6.71. The van der Waals surface area contributed by atoms with Gasteiger partial charge in [0.1, 0.15) is 11.0 Å². The first kappa shape index (κ1) is 16.7. The highest BCUT2D eigenvalue weighted by atomic mass is 14.9. The van der Waals surface area contributed by atoms with Gasteiger partial charge in [-0.15, -0.1) is 0 Å². The van der Waals surface area contributed by atoms with E-state index in [0.29, 0.717) is 0 Å². The predicted molar refractivity (Wildman–Crippen MR) is 121 cm³/mol. The quantitative estimate of drug-likeness (QED) is 0.341. The maximum absolute atomic E-state index is 5.14. The molecule has 0 N–H and O–H groups in total. The summed E-state index contributed by atoms with van der Waals surface area (Å²) in [5, 5.41) is 2.07. The Hall–Kier alpha value is -4.18.